The van der Waals surface area contributed by atoms with Gasteiger partial charge in [-0.15, -0.1) is 0 Å². The summed E-state index contributed by atoms with van der Waals surface area (Å²) in [4.78, 5) is 0. The summed E-state index contributed by atoms with van der Waals surface area (Å²) in [5.74, 6) is 3.21. The number of hydrogen-bond acceptors (Lipinski definition) is 0. The Morgan fingerprint density at radius 2 is 2.00 bits per heavy atom. The molecule has 0 amide bonds. The Morgan fingerprint density at radius 1 is 1.40 bits per heavy atom. The molecule has 0 aromatic heterocycles. The highest BCUT2D eigenvalue weighted by Gasteiger charge is 2.56. The van der Waals surface area contributed by atoms with Gasteiger partial charge in [-0.2, -0.15) is 0 Å². The zero-order valence-corrected chi connectivity index (χ0v) is 7.35. The Hall–Kier alpha value is 0. The Labute approximate surface area is 64.0 Å². The number of fused-ring (bicyclic) bond motifs is 1. The second kappa shape index (κ2) is 1.78. The molecular weight excluding hydrogens is 120 g/mol. The van der Waals surface area contributed by atoms with Gasteiger partial charge in [0, 0.05) is 0 Å². The molecule has 3 fully saturated rings. The van der Waals surface area contributed by atoms with Gasteiger partial charge in [0.15, 0.2) is 0 Å². The third-order valence-electron chi connectivity index (χ3n) is 4.28. The summed E-state index contributed by atoms with van der Waals surface area (Å²) in [5.41, 5.74) is 0.769. The van der Waals surface area contributed by atoms with Crippen LogP contribution in [-0.2, 0) is 0 Å². The van der Waals surface area contributed by atoms with Gasteiger partial charge in [0.05, 0.1) is 0 Å². The lowest BCUT2D eigenvalue weighted by atomic mass is 9.69. The van der Waals surface area contributed by atoms with Crippen LogP contribution in [0.1, 0.15) is 40.0 Å². The molecule has 0 aliphatic heterocycles. The first-order valence-corrected chi connectivity index (χ1v) is 4.67. The summed E-state index contributed by atoms with van der Waals surface area (Å²) >= 11 is 0. The molecule has 3 saturated carbocycles. The number of rotatable bonds is 1. The van der Waals surface area contributed by atoms with Crippen LogP contribution in [0.15, 0.2) is 0 Å². The molecule has 2 atom stereocenters. The maximum absolute atomic E-state index is 2.48. The average Bonchev–Trinajstić information content (AvgIpc) is 2.17. The predicted octanol–water partition coefficient (Wildman–Crippen LogP) is 3.08. The van der Waals surface area contributed by atoms with E-state index in [-0.39, 0.29) is 0 Å². The number of hydrogen-bond donors (Lipinski definition) is 0. The third kappa shape index (κ3) is 0.580. The molecule has 2 bridgehead atoms. The molecule has 58 valence electrons. The summed E-state index contributed by atoms with van der Waals surface area (Å²) in [7, 11) is 0. The Balaban J connectivity index is 2.15. The van der Waals surface area contributed by atoms with Crippen LogP contribution < -0.4 is 0 Å². The minimum Gasteiger partial charge on any atom is -0.0651 e. The van der Waals surface area contributed by atoms with Gasteiger partial charge in [-0.05, 0) is 36.0 Å². The summed E-state index contributed by atoms with van der Waals surface area (Å²) < 4.78 is 0. The van der Waals surface area contributed by atoms with Crippen molar-refractivity contribution < 1.29 is 0 Å². The molecule has 2 unspecified atom stereocenters. The van der Waals surface area contributed by atoms with Crippen molar-refractivity contribution in [2.24, 2.45) is 23.2 Å². The second-order valence-corrected chi connectivity index (χ2v) is 4.68. The fourth-order valence-corrected chi connectivity index (χ4v) is 3.42. The molecule has 10 heavy (non-hydrogen) atoms. The molecule has 3 aliphatic carbocycles. The topological polar surface area (TPSA) is 0 Å². The molecule has 0 saturated heterocycles. The molecule has 0 heteroatoms. The molecular formula is C10H18. The van der Waals surface area contributed by atoms with Gasteiger partial charge < -0.3 is 0 Å². The van der Waals surface area contributed by atoms with Crippen molar-refractivity contribution >= 4 is 0 Å². The van der Waals surface area contributed by atoms with Gasteiger partial charge >= 0.3 is 0 Å². The maximum atomic E-state index is 2.48. The van der Waals surface area contributed by atoms with Crippen LogP contribution in [0.5, 0.6) is 0 Å². The Morgan fingerprint density at radius 3 is 2.20 bits per heavy atom. The first-order valence-electron chi connectivity index (χ1n) is 4.67. The van der Waals surface area contributed by atoms with E-state index in [1.165, 1.54) is 19.3 Å². The third-order valence-corrected chi connectivity index (χ3v) is 4.28. The summed E-state index contributed by atoms with van der Waals surface area (Å²) in [6, 6.07) is 0. The average molecular weight is 138 g/mol. The fraction of sp³-hybridized carbons (Fsp3) is 1.00. The van der Waals surface area contributed by atoms with Crippen molar-refractivity contribution in [3.63, 3.8) is 0 Å². The van der Waals surface area contributed by atoms with E-state index < -0.39 is 0 Å². The van der Waals surface area contributed by atoms with Gasteiger partial charge in [-0.1, -0.05) is 27.2 Å². The van der Waals surface area contributed by atoms with Crippen LogP contribution in [0.25, 0.3) is 0 Å². The normalized spacial score (nSPS) is 58.5. The van der Waals surface area contributed by atoms with E-state index in [2.05, 4.69) is 20.8 Å². The molecule has 3 rings (SSSR count). The SMILES string of the molecule is CCC1C2CC(C)(C2)C1C. The lowest BCUT2D eigenvalue weighted by molar-refractivity contribution is 0.138. The molecule has 0 radical (unpaired) electrons. The summed E-state index contributed by atoms with van der Waals surface area (Å²) in [6.45, 7) is 7.29. The quantitative estimate of drug-likeness (QED) is 0.522. The van der Waals surface area contributed by atoms with Gasteiger partial charge in [-0.3, -0.25) is 0 Å². The van der Waals surface area contributed by atoms with Crippen molar-refractivity contribution in [2.45, 2.75) is 40.0 Å². The second-order valence-electron chi connectivity index (χ2n) is 4.68. The monoisotopic (exact) mass is 138 g/mol. The molecule has 0 heterocycles. The van der Waals surface area contributed by atoms with E-state index in [4.69, 9.17) is 0 Å². The molecule has 0 nitrogen and oxygen atoms in total. The van der Waals surface area contributed by atoms with Gasteiger partial charge in [0.2, 0.25) is 0 Å². The first-order chi connectivity index (χ1) is 4.67. The largest absolute Gasteiger partial charge is 0.0651 e. The van der Waals surface area contributed by atoms with Crippen LogP contribution in [0.2, 0.25) is 0 Å². The van der Waals surface area contributed by atoms with E-state index in [1.807, 2.05) is 0 Å². The molecule has 0 spiro atoms. The van der Waals surface area contributed by atoms with E-state index >= 15 is 0 Å². The van der Waals surface area contributed by atoms with E-state index in [0.29, 0.717) is 0 Å². The van der Waals surface area contributed by atoms with Crippen LogP contribution in [0.4, 0.5) is 0 Å². The van der Waals surface area contributed by atoms with Crippen molar-refractivity contribution in [3.05, 3.63) is 0 Å². The maximum Gasteiger partial charge on any atom is -0.0292 e. The Kier molecular flexibility index (Phi) is 1.19. The fourth-order valence-electron chi connectivity index (χ4n) is 3.42. The van der Waals surface area contributed by atoms with Gasteiger partial charge in [0.1, 0.15) is 0 Å². The zero-order valence-electron chi connectivity index (χ0n) is 7.35. The minimum absolute atomic E-state index is 0.769. The Bertz CT molecular complexity index is 142. The van der Waals surface area contributed by atoms with E-state index in [9.17, 15) is 0 Å². The van der Waals surface area contributed by atoms with Crippen LogP contribution in [-0.4, -0.2) is 0 Å². The highest BCUT2D eigenvalue weighted by molar-refractivity contribution is 5.06. The van der Waals surface area contributed by atoms with E-state index in [1.54, 1.807) is 0 Å². The lowest BCUT2D eigenvalue weighted by Gasteiger charge is -2.36. The van der Waals surface area contributed by atoms with Crippen molar-refractivity contribution in [3.8, 4) is 0 Å². The smallest absolute Gasteiger partial charge is 0.0292 e. The lowest BCUT2D eigenvalue weighted by Crippen LogP contribution is -2.27. The van der Waals surface area contributed by atoms with E-state index in [0.717, 1.165) is 23.2 Å². The molecule has 0 aromatic carbocycles. The molecule has 3 aliphatic rings. The first kappa shape index (κ1) is 6.69. The van der Waals surface area contributed by atoms with Crippen molar-refractivity contribution in [1.29, 1.82) is 0 Å². The summed E-state index contributed by atoms with van der Waals surface area (Å²) in [5, 5.41) is 0. The minimum atomic E-state index is 0.769. The van der Waals surface area contributed by atoms with Crippen molar-refractivity contribution in [2.75, 3.05) is 0 Å². The molecule has 0 N–H and O–H groups in total. The zero-order chi connectivity index (χ0) is 7.35. The van der Waals surface area contributed by atoms with Crippen LogP contribution >= 0.6 is 0 Å². The predicted molar refractivity (Wildman–Crippen MR) is 43.8 cm³/mol. The molecule has 0 aromatic rings. The van der Waals surface area contributed by atoms with Gasteiger partial charge in [-0.25, -0.2) is 0 Å². The standard InChI is InChI=1S/C10H18/c1-4-9-7(2)10(3)5-8(9)6-10/h7-9H,4-6H2,1-3H3. The van der Waals surface area contributed by atoms with Crippen molar-refractivity contribution in [1.82, 2.24) is 0 Å². The highest BCUT2D eigenvalue weighted by Crippen LogP contribution is 2.65. The summed E-state index contributed by atoms with van der Waals surface area (Å²) in [6.07, 6.45) is 4.49. The highest BCUT2D eigenvalue weighted by atomic mass is 14.6. The van der Waals surface area contributed by atoms with Gasteiger partial charge in [0.25, 0.3) is 0 Å². The van der Waals surface area contributed by atoms with Crippen LogP contribution in [0.3, 0.4) is 0 Å². The van der Waals surface area contributed by atoms with Crippen LogP contribution in [0, 0.1) is 23.2 Å².